The number of urea groups is 1. The smallest absolute Gasteiger partial charge is 0.385 e. The number of rotatable bonds is 3. The second-order valence-electron chi connectivity index (χ2n) is 6.93. The van der Waals surface area contributed by atoms with E-state index in [1.54, 1.807) is 4.90 Å². The molecule has 1 N–H and O–H groups in total. The van der Waals surface area contributed by atoms with Crippen molar-refractivity contribution in [1.82, 2.24) is 19.4 Å². The summed E-state index contributed by atoms with van der Waals surface area (Å²) in [7, 11) is -4.00. The Labute approximate surface area is 158 Å². The van der Waals surface area contributed by atoms with Crippen LogP contribution in [0.25, 0.3) is 0 Å². The lowest BCUT2D eigenvalue weighted by molar-refractivity contribution is -0.202. The number of esters is 2. The molecule has 3 rings (SSSR count). The maximum Gasteiger partial charge on any atom is 0.491 e. The first-order valence-electron chi connectivity index (χ1n) is 8.47. The van der Waals surface area contributed by atoms with Crippen molar-refractivity contribution in [3.63, 3.8) is 0 Å². The molecule has 0 bridgehead atoms. The first-order chi connectivity index (χ1) is 12.9. The molecule has 3 fully saturated rings. The molecule has 158 valence electrons. The van der Waals surface area contributed by atoms with Gasteiger partial charge in [0.25, 0.3) is 0 Å². The Morgan fingerprint density at radius 1 is 1.18 bits per heavy atom. The van der Waals surface area contributed by atoms with E-state index in [4.69, 9.17) is 0 Å². The first kappa shape index (κ1) is 20.8. The molecular weight excluding hydrogens is 409 g/mol. The molecule has 3 heterocycles. The standard InChI is InChI=1S/C14H19F3N4O6S/c1-28(25,26)21-7-8(4-10(21)11(22)27-12(23)14(15,16)17)20-6-9-5-18-2-3-19(9)13(20)24/h8-10,18H,2-7H2,1H3/t8-,9-,10+/m0/s1. The van der Waals surface area contributed by atoms with Gasteiger partial charge in [0.2, 0.25) is 10.0 Å². The van der Waals surface area contributed by atoms with Crippen molar-refractivity contribution in [2.24, 2.45) is 0 Å². The molecule has 0 spiro atoms. The Hall–Kier alpha value is -1.93. The van der Waals surface area contributed by atoms with E-state index in [2.05, 4.69) is 10.1 Å². The third-order valence-corrected chi connectivity index (χ3v) is 6.30. The lowest BCUT2D eigenvalue weighted by Gasteiger charge is -2.28. The summed E-state index contributed by atoms with van der Waals surface area (Å²) < 4.78 is 65.6. The fraction of sp³-hybridized carbons (Fsp3) is 0.786. The Balaban J connectivity index is 1.77. The van der Waals surface area contributed by atoms with Crippen molar-refractivity contribution in [3.05, 3.63) is 0 Å². The lowest BCUT2D eigenvalue weighted by atomic mass is 10.1. The van der Waals surface area contributed by atoms with Crippen LogP contribution in [0.15, 0.2) is 0 Å². The van der Waals surface area contributed by atoms with Crippen molar-refractivity contribution in [1.29, 1.82) is 0 Å². The molecule has 10 nitrogen and oxygen atoms in total. The maximum atomic E-state index is 12.6. The first-order valence-corrected chi connectivity index (χ1v) is 10.3. The number of carbonyl (C=O) groups is 3. The number of alkyl halides is 3. The van der Waals surface area contributed by atoms with Gasteiger partial charge in [-0.3, -0.25) is 0 Å². The van der Waals surface area contributed by atoms with Crippen LogP contribution in [-0.4, -0.2) is 104 Å². The van der Waals surface area contributed by atoms with E-state index in [9.17, 15) is 36.0 Å². The highest BCUT2D eigenvalue weighted by Gasteiger charge is 2.51. The number of nitrogens with zero attached hydrogens (tertiary/aromatic N) is 3. The highest BCUT2D eigenvalue weighted by atomic mass is 32.2. The summed E-state index contributed by atoms with van der Waals surface area (Å²) >= 11 is 0. The van der Waals surface area contributed by atoms with Gasteiger partial charge < -0.3 is 19.9 Å². The number of nitrogens with one attached hydrogen (secondary N) is 1. The van der Waals surface area contributed by atoms with Gasteiger partial charge in [0.05, 0.1) is 12.3 Å². The molecule has 0 unspecified atom stereocenters. The Morgan fingerprint density at radius 2 is 1.86 bits per heavy atom. The van der Waals surface area contributed by atoms with Gasteiger partial charge in [-0.1, -0.05) is 0 Å². The number of amides is 2. The van der Waals surface area contributed by atoms with Crippen LogP contribution >= 0.6 is 0 Å². The van der Waals surface area contributed by atoms with Crippen LogP contribution in [-0.2, 0) is 24.3 Å². The lowest BCUT2D eigenvalue weighted by Crippen LogP contribution is -2.50. The summed E-state index contributed by atoms with van der Waals surface area (Å²) in [6.45, 7) is 1.70. The number of hydrogen-bond acceptors (Lipinski definition) is 7. The fourth-order valence-corrected chi connectivity index (χ4v) is 4.84. The molecule has 2 amide bonds. The van der Waals surface area contributed by atoms with Crippen LogP contribution in [0.3, 0.4) is 0 Å². The molecule has 0 radical (unpaired) electrons. The van der Waals surface area contributed by atoms with E-state index in [-0.39, 0.29) is 25.0 Å². The van der Waals surface area contributed by atoms with Gasteiger partial charge >= 0.3 is 24.1 Å². The van der Waals surface area contributed by atoms with E-state index >= 15 is 0 Å². The minimum Gasteiger partial charge on any atom is -0.385 e. The van der Waals surface area contributed by atoms with Crippen molar-refractivity contribution in [2.45, 2.75) is 30.7 Å². The molecule has 0 aromatic rings. The van der Waals surface area contributed by atoms with Crippen LogP contribution in [0.2, 0.25) is 0 Å². The predicted molar refractivity (Wildman–Crippen MR) is 86.4 cm³/mol. The van der Waals surface area contributed by atoms with Crippen LogP contribution in [0.1, 0.15) is 6.42 Å². The van der Waals surface area contributed by atoms with Crippen molar-refractivity contribution in [2.75, 3.05) is 39.0 Å². The summed E-state index contributed by atoms with van der Waals surface area (Å²) in [6.07, 6.45) is -4.85. The van der Waals surface area contributed by atoms with Crippen LogP contribution in [0, 0.1) is 0 Å². The zero-order valence-electron chi connectivity index (χ0n) is 14.8. The molecule has 3 aliphatic heterocycles. The van der Waals surface area contributed by atoms with Gasteiger partial charge in [-0.25, -0.2) is 22.8 Å². The number of sulfonamides is 1. The molecule has 0 aromatic heterocycles. The third kappa shape index (κ3) is 3.93. The average molecular weight is 428 g/mol. The van der Waals surface area contributed by atoms with Gasteiger partial charge in [0.15, 0.2) is 0 Å². The van der Waals surface area contributed by atoms with Crippen molar-refractivity contribution >= 4 is 28.0 Å². The molecule has 14 heteroatoms. The van der Waals surface area contributed by atoms with E-state index in [1.807, 2.05) is 0 Å². The van der Waals surface area contributed by atoms with Crippen molar-refractivity contribution < 1.29 is 40.7 Å². The van der Waals surface area contributed by atoms with Crippen LogP contribution < -0.4 is 5.32 Å². The van der Waals surface area contributed by atoms with Crippen molar-refractivity contribution in [3.8, 4) is 0 Å². The second kappa shape index (κ2) is 7.15. The summed E-state index contributed by atoms with van der Waals surface area (Å²) in [5.41, 5.74) is 0. The number of carbonyl (C=O) groups excluding carboxylic acids is 3. The SMILES string of the molecule is CS(=O)(=O)N1C[C@@H](N2C[C@@H]3CNCCN3C2=O)C[C@@H]1C(=O)OC(=O)C(F)(F)F. The third-order valence-electron chi connectivity index (χ3n) is 5.05. The second-order valence-corrected chi connectivity index (χ2v) is 8.87. The number of ether oxygens (including phenoxy) is 1. The Morgan fingerprint density at radius 3 is 2.43 bits per heavy atom. The van der Waals surface area contributed by atoms with Gasteiger partial charge in [-0.15, -0.1) is 0 Å². The summed E-state index contributed by atoms with van der Waals surface area (Å²) in [6, 6.07) is -2.75. The van der Waals surface area contributed by atoms with Crippen LogP contribution in [0.4, 0.5) is 18.0 Å². The number of fused-ring (bicyclic) bond motifs is 1. The van der Waals surface area contributed by atoms with Gasteiger partial charge in [0.1, 0.15) is 6.04 Å². The molecule has 28 heavy (non-hydrogen) atoms. The number of halogens is 3. The largest absolute Gasteiger partial charge is 0.491 e. The minimum absolute atomic E-state index is 0.106. The Kier molecular flexibility index (Phi) is 5.31. The van der Waals surface area contributed by atoms with Gasteiger partial charge in [0, 0.05) is 38.8 Å². The van der Waals surface area contributed by atoms with Gasteiger partial charge in [-0.2, -0.15) is 17.5 Å². The molecule has 3 aliphatic rings. The molecule has 0 saturated carbocycles. The zero-order chi connectivity index (χ0) is 20.9. The monoisotopic (exact) mass is 428 g/mol. The molecule has 3 atom stereocenters. The summed E-state index contributed by atoms with van der Waals surface area (Å²) in [4.78, 5) is 38.7. The predicted octanol–water partition coefficient (Wildman–Crippen LogP) is -1.27. The summed E-state index contributed by atoms with van der Waals surface area (Å²) in [5.74, 6) is -4.32. The fourth-order valence-electron chi connectivity index (χ4n) is 3.76. The minimum atomic E-state index is -5.38. The maximum absolute atomic E-state index is 12.6. The van der Waals surface area contributed by atoms with E-state index in [1.165, 1.54) is 4.90 Å². The normalized spacial score (nSPS) is 29.1. The number of piperazine rings is 1. The number of hydrogen-bond donors (Lipinski definition) is 1. The quantitative estimate of drug-likeness (QED) is 0.440. The molecule has 0 aromatic carbocycles. The highest BCUT2D eigenvalue weighted by molar-refractivity contribution is 7.88. The average Bonchev–Trinajstić information content (AvgIpc) is 3.16. The van der Waals surface area contributed by atoms with Gasteiger partial charge in [-0.05, 0) is 6.42 Å². The molecular formula is C14H19F3N4O6S. The molecule has 0 aliphatic carbocycles. The zero-order valence-corrected chi connectivity index (χ0v) is 15.6. The highest BCUT2D eigenvalue weighted by Crippen LogP contribution is 2.30. The Bertz CT molecular complexity index is 788. The topological polar surface area (TPSA) is 116 Å². The summed E-state index contributed by atoms with van der Waals surface area (Å²) in [5, 5.41) is 3.14. The van der Waals surface area contributed by atoms with E-state index in [0.29, 0.717) is 30.5 Å². The van der Waals surface area contributed by atoms with E-state index < -0.39 is 40.2 Å². The molecule has 3 saturated heterocycles. The van der Waals surface area contributed by atoms with Crippen LogP contribution in [0.5, 0.6) is 0 Å². The van der Waals surface area contributed by atoms with E-state index in [0.717, 1.165) is 6.26 Å².